The Kier molecular flexibility index (Phi) is 2.65. The molecule has 0 spiro atoms. The summed E-state index contributed by atoms with van der Waals surface area (Å²) in [5.41, 5.74) is -1.43. The normalized spacial score (nSPS) is 11.0. The maximum atomic E-state index is 12.2. The number of aromatic nitrogens is 1. The van der Waals surface area contributed by atoms with Crippen LogP contribution in [0.2, 0.25) is 0 Å². The van der Waals surface area contributed by atoms with Crippen LogP contribution in [0.3, 0.4) is 0 Å². The molecule has 1 aromatic rings. The van der Waals surface area contributed by atoms with Gasteiger partial charge in [-0.2, -0.15) is 13.2 Å². The van der Waals surface area contributed by atoms with E-state index in [1.807, 2.05) is 0 Å². The number of alkyl halides is 3. The lowest BCUT2D eigenvalue weighted by atomic mass is 10.3. The summed E-state index contributed by atoms with van der Waals surface area (Å²) in [6.45, 7) is -0.164. The lowest BCUT2D eigenvalue weighted by Crippen LogP contribution is -2.20. The van der Waals surface area contributed by atoms with Crippen molar-refractivity contribution in [2.24, 2.45) is 0 Å². The summed E-state index contributed by atoms with van der Waals surface area (Å²) >= 11 is 0. The van der Waals surface area contributed by atoms with E-state index in [9.17, 15) is 18.0 Å². The van der Waals surface area contributed by atoms with E-state index in [0.717, 1.165) is 16.7 Å². The van der Waals surface area contributed by atoms with E-state index in [0.29, 0.717) is 6.20 Å². The first-order valence-electron chi connectivity index (χ1n) is 3.66. The fourth-order valence-electron chi connectivity index (χ4n) is 0.921. The number of terminal acetylenes is 1. The van der Waals surface area contributed by atoms with E-state index in [4.69, 9.17) is 6.42 Å². The van der Waals surface area contributed by atoms with E-state index in [1.54, 1.807) is 0 Å². The third-order valence-corrected chi connectivity index (χ3v) is 1.57. The molecule has 0 aromatic carbocycles. The van der Waals surface area contributed by atoms with Crippen molar-refractivity contribution in [2.75, 3.05) is 0 Å². The summed E-state index contributed by atoms with van der Waals surface area (Å²) in [6.07, 6.45) is 1.15. The number of pyridine rings is 1. The highest BCUT2D eigenvalue weighted by Gasteiger charge is 2.30. The molecule has 1 heterocycles. The average molecular weight is 201 g/mol. The quantitative estimate of drug-likeness (QED) is 0.631. The fraction of sp³-hybridized carbons (Fsp3) is 0.222. The van der Waals surface area contributed by atoms with Crippen LogP contribution < -0.4 is 5.56 Å². The highest BCUT2D eigenvalue weighted by Crippen LogP contribution is 2.27. The van der Waals surface area contributed by atoms with Crippen LogP contribution in [0, 0.1) is 12.3 Å². The number of hydrogen-bond donors (Lipinski definition) is 0. The second kappa shape index (κ2) is 3.58. The van der Waals surface area contributed by atoms with Crippen LogP contribution in [0.4, 0.5) is 13.2 Å². The zero-order valence-electron chi connectivity index (χ0n) is 7.01. The van der Waals surface area contributed by atoms with E-state index in [1.165, 1.54) is 0 Å². The lowest BCUT2D eigenvalue weighted by Gasteiger charge is -2.08. The molecule has 14 heavy (non-hydrogen) atoms. The summed E-state index contributed by atoms with van der Waals surface area (Å²) in [5, 5.41) is 0. The molecule has 2 nitrogen and oxygen atoms in total. The Hall–Kier alpha value is -1.70. The number of halogens is 3. The molecule has 1 rings (SSSR count). The van der Waals surface area contributed by atoms with Gasteiger partial charge in [0.25, 0.3) is 5.56 Å². The molecule has 0 fully saturated rings. The Balaban J connectivity index is 3.21. The van der Waals surface area contributed by atoms with Gasteiger partial charge in [-0.05, 0) is 6.07 Å². The molecule has 1 aromatic heterocycles. The van der Waals surface area contributed by atoms with Gasteiger partial charge in [0.05, 0.1) is 12.1 Å². The largest absolute Gasteiger partial charge is 0.417 e. The second-order valence-electron chi connectivity index (χ2n) is 2.59. The van der Waals surface area contributed by atoms with Crippen molar-refractivity contribution in [3.05, 3.63) is 34.2 Å². The van der Waals surface area contributed by atoms with Crippen LogP contribution in [0.15, 0.2) is 23.1 Å². The van der Waals surface area contributed by atoms with E-state index in [-0.39, 0.29) is 6.54 Å². The summed E-state index contributed by atoms with van der Waals surface area (Å²) in [6, 6.07) is 1.58. The SMILES string of the molecule is C#CCn1cc(C(F)(F)F)ccc1=O. The summed E-state index contributed by atoms with van der Waals surface area (Å²) in [5.74, 6) is 2.10. The third-order valence-electron chi connectivity index (χ3n) is 1.57. The maximum absolute atomic E-state index is 12.2. The van der Waals surface area contributed by atoms with Crippen molar-refractivity contribution in [2.45, 2.75) is 12.7 Å². The van der Waals surface area contributed by atoms with Crippen LogP contribution in [-0.2, 0) is 12.7 Å². The molecule has 0 aliphatic carbocycles. The molecule has 0 aliphatic heterocycles. The van der Waals surface area contributed by atoms with Crippen molar-refractivity contribution in [3.63, 3.8) is 0 Å². The predicted octanol–water partition coefficient (Wildman–Crippen LogP) is 1.50. The maximum Gasteiger partial charge on any atom is 0.417 e. The fourth-order valence-corrected chi connectivity index (χ4v) is 0.921. The first kappa shape index (κ1) is 10.4. The average Bonchev–Trinajstić information content (AvgIpc) is 2.07. The monoisotopic (exact) mass is 201 g/mol. The Bertz CT molecular complexity index is 425. The molecule has 0 saturated carbocycles. The molecule has 0 unspecified atom stereocenters. The molecular formula is C9H6F3NO. The number of rotatable bonds is 1. The minimum Gasteiger partial charge on any atom is -0.303 e. The Morgan fingerprint density at radius 1 is 1.43 bits per heavy atom. The molecule has 74 valence electrons. The summed E-state index contributed by atoms with van der Waals surface area (Å²) < 4.78 is 37.4. The van der Waals surface area contributed by atoms with Crippen LogP contribution in [0.1, 0.15) is 5.56 Å². The van der Waals surface area contributed by atoms with Gasteiger partial charge in [0.15, 0.2) is 0 Å². The Morgan fingerprint density at radius 2 is 2.07 bits per heavy atom. The summed E-state index contributed by atoms with van der Waals surface area (Å²) in [7, 11) is 0. The number of hydrogen-bond acceptors (Lipinski definition) is 1. The first-order valence-corrected chi connectivity index (χ1v) is 3.66. The van der Waals surface area contributed by atoms with Gasteiger partial charge >= 0.3 is 6.18 Å². The predicted molar refractivity (Wildman–Crippen MR) is 44.5 cm³/mol. The minimum absolute atomic E-state index is 0.164. The van der Waals surface area contributed by atoms with Gasteiger partial charge < -0.3 is 4.57 Å². The van der Waals surface area contributed by atoms with Gasteiger partial charge in [-0.15, -0.1) is 6.42 Å². The Morgan fingerprint density at radius 3 is 2.57 bits per heavy atom. The van der Waals surface area contributed by atoms with Crippen molar-refractivity contribution >= 4 is 0 Å². The zero-order chi connectivity index (χ0) is 10.8. The molecular weight excluding hydrogens is 195 g/mol. The summed E-state index contributed by atoms with van der Waals surface area (Å²) in [4.78, 5) is 11.0. The Labute approximate surface area is 78.0 Å². The van der Waals surface area contributed by atoms with E-state index >= 15 is 0 Å². The topological polar surface area (TPSA) is 22.0 Å². The van der Waals surface area contributed by atoms with Gasteiger partial charge in [0, 0.05) is 12.3 Å². The minimum atomic E-state index is -4.45. The highest BCUT2D eigenvalue weighted by molar-refractivity contribution is 5.14. The van der Waals surface area contributed by atoms with Gasteiger partial charge in [-0.1, -0.05) is 5.92 Å². The van der Waals surface area contributed by atoms with E-state index in [2.05, 4.69) is 5.92 Å². The van der Waals surface area contributed by atoms with Gasteiger partial charge in [-0.25, -0.2) is 0 Å². The second-order valence-corrected chi connectivity index (χ2v) is 2.59. The van der Waals surface area contributed by atoms with Crippen LogP contribution in [0.5, 0.6) is 0 Å². The first-order chi connectivity index (χ1) is 6.45. The van der Waals surface area contributed by atoms with Gasteiger partial charge in [0.2, 0.25) is 0 Å². The van der Waals surface area contributed by atoms with Crippen molar-refractivity contribution in [1.82, 2.24) is 4.57 Å². The molecule has 0 N–H and O–H groups in total. The zero-order valence-corrected chi connectivity index (χ0v) is 7.01. The molecule has 0 radical (unpaired) electrons. The van der Waals surface area contributed by atoms with Gasteiger partial charge in [0.1, 0.15) is 0 Å². The third kappa shape index (κ3) is 2.16. The molecule has 0 aliphatic rings. The molecule has 5 heteroatoms. The van der Waals surface area contributed by atoms with Crippen LogP contribution in [-0.4, -0.2) is 4.57 Å². The van der Waals surface area contributed by atoms with Crippen LogP contribution >= 0.6 is 0 Å². The van der Waals surface area contributed by atoms with Crippen LogP contribution in [0.25, 0.3) is 0 Å². The van der Waals surface area contributed by atoms with Crippen molar-refractivity contribution in [1.29, 1.82) is 0 Å². The highest BCUT2D eigenvalue weighted by atomic mass is 19.4. The molecule has 0 atom stereocenters. The molecule has 0 bridgehead atoms. The van der Waals surface area contributed by atoms with Crippen molar-refractivity contribution < 1.29 is 13.2 Å². The van der Waals surface area contributed by atoms with E-state index < -0.39 is 17.3 Å². The molecule has 0 amide bonds. The standard InChI is InChI=1S/C9H6F3NO/c1-2-5-13-6-7(9(10,11)12)3-4-8(13)14/h1,3-4,6H,5H2. The lowest BCUT2D eigenvalue weighted by molar-refractivity contribution is -0.138. The molecule has 0 saturated heterocycles. The smallest absolute Gasteiger partial charge is 0.303 e. The van der Waals surface area contributed by atoms with Crippen molar-refractivity contribution in [3.8, 4) is 12.3 Å². The number of nitrogens with zero attached hydrogens (tertiary/aromatic N) is 1. The van der Waals surface area contributed by atoms with Gasteiger partial charge in [-0.3, -0.25) is 4.79 Å².